The van der Waals surface area contributed by atoms with Crippen molar-refractivity contribution in [2.24, 2.45) is 0 Å². The first kappa shape index (κ1) is 14.4. The van der Waals surface area contributed by atoms with Gasteiger partial charge in [0, 0.05) is 19.1 Å². The molecule has 0 bridgehead atoms. The molecular formula is C13H19FN2O2S. The van der Waals surface area contributed by atoms with E-state index in [1.54, 1.807) is 6.07 Å². The molecule has 1 heterocycles. The van der Waals surface area contributed by atoms with E-state index in [-0.39, 0.29) is 10.9 Å². The van der Waals surface area contributed by atoms with Crippen molar-refractivity contribution >= 4 is 10.0 Å². The van der Waals surface area contributed by atoms with Crippen LogP contribution < -0.4 is 5.32 Å². The number of benzene rings is 1. The summed E-state index contributed by atoms with van der Waals surface area (Å²) in [5, 5.41) is 3.25. The minimum Gasteiger partial charge on any atom is -0.313 e. The summed E-state index contributed by atoms with van der Waals surface area (Å²) in [6, 6.07) is 5.69. The summed E-state index contributed by atoms with van der Waals surface area (Å²) in [5.41, 5.74) is 0. The van der Waals surface area contributed by atoms with Crippen LogP contribution in [0.4, 0.5) is 4.39 Å². The molecule has 1 aromatic rings. The predicted octanol–water partition coefficient (Wildman–Crippen LogP) is 1.59. The van der Waals surface area contributed by atoms with E-state index in [1.807, 2.05) is 6.92 Å². The van der Waals surface area contributed by atoms with E-state index in [0.717, 1.165) is 19.4 Å². The smallest absolute Gasteiger partial charge is 0.246 e. The Morgan fingerprint density at radius 2 is 2.16 bits per heavy atom. The monoisotopic (exact) mass is 286 g/mol. The second kappa shape index (κ2) is 5.98. The van der Waals surface area contributed by atoms with E-state index in [1.165, 1.54) is 22.5 Å². The Hall–Kier alpha value is -0.980. The van der Waals surface area contributed by atoms with Gasteiger partial charge in [0.1, 0.15) is 10.7 Å². The lowest BCUT2D eigenvalue weighted by Gasteiger charge is -2.32. The lowest BCUT2D eigenvalue weighted by Crippen LogP contribution is -2.47. The molecule has 106 valence electrons. The van der Waals surface area contributed by atoms with E-state index in [4.69, 9.17) is 0 Å². The number of likely N-dealkylation sites (N-methyl/N-ethyl adjacent to an activating group) is 1. The molecule has 1 aromatic carbocycles. The molecule has 0 saturated carbocycles. The standard InChI is InChI=1S/C13H19FN2O2S/c1-2-15-11-6-5-9-16(10-11)19(17,18)13-8-4-3-7-12(13)14/h3-4,7-8,11,15H,2,5-6,9-10H2,1H3. The lowest BCUT2D eigenvalue weighted by atomic mass is 10.1. The Bertz CT molecular complexity index is 531. The van der Waals surface area contributed by atoms with Crippen LogP contribution in [0.5, 0.6) is 0 Å². The van der Waals surface area contributed by atoms with E-state index < -0.39 is 15.8 Å². The van der Waals surface area contributed by atoms with Crippen LogP contribution >= 0.6 is 0 Å². The Labute approximate surface area is 113 Å². The molecule has 4 nitrogen and oxygen atoms in total. The van der Waals surface area contributed by atoms with Crippen molar-refractivity contribution in [2.75, 3.05) is 19.6 Å². The molecule has 0 amide bonds. The average molecular weight is 286 g/mol. The minimum absolute atomic E-state index is 0.153. The number of halogens is 1. The highest BCUT2D eigenvalue weighted by molar-refractivity contribution is 7.89. The molecular weight excluding hydrogens is 267 g/mol. The Balaban J connectivity index is 2.22. The van der Waals surface area contributed by atoms with Crippen LogP contribution in [0.3, 0.4) is 0 Å². The Kier molecular flexibility index (Phi) is 4.54. The molecule has 2 rings (SSSR count). The molecule has 1 N–H and O–H groups in total. The molecule has 1 saturated heterocycles. The SMILES string of the molecule is CCNC1CCCN(S(=O)(=O)c2ccccc2F)C1. The zero-order valence-electron chi connectivity index (χ0n) is 11.0. The summed E-state index contributed by atoms with van der Waals surface area (Å²) < 4.78 is 39.9. The molecule has 0 aliphatic carbocycles. The highest BCUT2D eigenvalue weighted by atomic mass is 32.2. The number of piperidine rings is 1. The van der Waals surface area contributed by atoms with Crippen molar-refractivity contribution < 1.29 is 12.8 Å². The van der Waals surface area contributed by atoms with Crippen molar-refractivity contribution in [1.82, 2.24) is 9.62 Å². The maximum absolute atomic E-state index is 13.7. The fraction of sp³-hybridized carbons (Fsp3) is 0.538. The highest BCUT2D eigenvalue weighted by Crippen LogP contribution is 2.22. The molecule has 1 fully saturated rings. The van der Waals surface area contributed by atoms with Crippen molar-refractivity contribution in [3.8, 4) is 0 Å². The van der Waals surface area contributed by atoms with Crippen LogP contribution in [0, 0.1) is 5.82 Å². The molecule has 1 aliphatic rings. The van der Waals surface area contributed by atoms with E-state index in [9.17, 15) is 12.8 Å². The molecule has 19 heavy (non-hydrogen) atoms. The Morgan fingerprint density at radius 1 is 1.42 bits per heavy atom. The number of nitrogens with zero attached hydrogens (tertiary/aromatic N) is 1. The van der Waals surface area contributed by atoms with Gasteiger partial charge in [-0.25, -0.2) is 12.8 Å². The molecule has 6 heteroatoms. The fourth-order valence-electron chi connectivity index (χ4n) is 2.41. The molecule has 1 aliphatic heterocycles. The van der Waals surface area contributed by atoms with Crippen molar-refractivity contribution in [3.63, 3.8) is 0 Å². The average Bonchev–Trinajstić information content (AvgIpc) is 2.40. The first-order chi connectivity index (χ1) is 9.05. The highest BCUT2D eigenvalue weighted by Gasteiger charge is 2.31. The van der Waals surface area contributed by atoms with Crippen molar-refractivity contribution in [2.45, 2.75) is 30.7 Å². The third-order valence-electron chi connectivity index (χ3n) is 3.33. The van der Waals surface area contributed by atoms with Gasteiger partial charge in [-0.3, -0.25) is 0 Å². The van der Waals surface area contributed by atoms with Gasteiger partial charge in [0.25, 0.3) is 0 Å². The first-order valence-corrected chi connectivity index (χ1v) is 7.97. The van der Waals surface area contributed by atoms with Crippen molar-refractivity contribution in [3.05, 3.63) is 30.1 Å². The van der Waals surface area contributed by atoms with Gasteiger partial charge in [-0.15, -0.1) is 0 Å². The molecule has 1 unspecified atom stereocenters. The maximum atomic E-state index is 13.7. The number of nitrogens with one attached hydrogen (secondary N) is 1. The van der Waals surface area contributed by atoms with Gasteiger partial charge >= 0.3 is 0 Å². The summed E-state index contributed by atoms with van der Waals surface area (Å²) in [7, 11) is -3.73. The number of hydrogen-bond acceptors (Lipinski definition) is 3. The molecule has 0 spiro atoms. The van der Waals surface area contributed by atoms with Gasteiger partial charge < -0.3 is 5.32 Å². The van der Waals surface area contributed by atoms with Crippen LogP contribution in [0.15, 0.2) is 29.2 Å². The zero-order chi connectivity index (χ0) is 13.9. The zero-order valence-corrected chi connectivity index (χ0v) is 11.8. The third-order valence-corrected chi connectivity index (χ3v) is 5.23. The summed E-state index contributed by atoms with van der Waals surface area (Å²) in [5.74, 6) is -0.687. The molecule has 0 aromatic heterocycles. The number of rotatable bonds is 4. The van der Waals surface area contributed by atoms with E-state index >= 15 is 0 Å². The predicted molar refractivity (Wildman–Crippen MR) is 71.9 cm³/mol. The number of hydrogen-bond donors (Lipinski definition) is 1. The van der Waals surface area contributed by atoms with Crippen LogP contribution in [-0.2, 0) is 10.0 Å². The summed E-state index contributed by atoms with van der Waals surface area (Å²) in [6.45, 7) is 3.66. The van der Waals surface area contributed by atoms with Gasteiger partial charge in [0.05, 0.1) is 0 Å². The minimum atomic E-state index is -3.73. The van der Waals surface area contributed by atoms with Crippen LogP contribution in [-0.4, -0.2) is 38.4 Å². The van der Waals surface area contributed by atoms with Gasteiger partial charge in [-0.1, -0.05) is 19.1 Å². The second-order valence-corrected chi connectivity index (χ2v) is 6.60. The van der Waals surface area contributed by atoms with Crippen LogP contribution in [0.1, 0.15) is 19.8 Å². The first-order valence-electron chi connectivity index (χ1n) is 6.53. The van der Waals surface area contributed by atoms with Crippen LogP contribution in [0.2, 0.25) is 0 Å². The van der Waals surface area contributed by atoms with E-state index in [0.29, 0.717) is 13.1 Å². The van der Waals surface area contributed by atoms with Gasteiger partial charge in [-0.05, 0) is 31.5 Å². The van der Waals surface area contributed by atoms with Crippen molar-refractivity contribution in [1.29, 1.82) is 0 Å². The Morgan fingerprint density at radius 3 is 2.84 bits per heavy atom. The summed E-state index contributed by atoms with van der Waals surface area (Å²) in [4.78, 5) is -0.229. The van der Waals surface area contributed by atoms with Crippen LogP contribution in [0.25, 0.3) is 0 Å². The lowest BCUT2D eigenvalue weighted by molar-refractivity contribution is 0.285. The molecule has 0 radical (unpaired) electrons. The van der Waals surface area contributed by atoms with Gasteiger partial charge in [0.2, 0.25) is 10.0 Å². The second-order valence-electron chi connectivity index (χ2n) is 4.69. The van der Waals surface area contributed by atoms with Gasteiger partial charge in [-0.2, -0.15) is 4.31 Å². The third kappa shape index (κ3) is 3.13. The maximum Gasteiger partial charge on any atom is 0.246 e. The fourth-order valence-corrected chi connectivity index (χ4v) is 4.00. The largest absolute Gasteiger partial charge is 0.313 e. The topological polar surface area (TPSA) is 49.4 Å². The van der Waals surface area contributed by atoms with Gasteiger partial charge in [0.15, 0.2) is 0 Å². The number of sulfonamides is 1. The van der Waals surface area contributed by atoms with E-state index in [2.05, 4.69) is 5.32 Å². The molecule has 1 atom stereocenters. The summed E-state index contributed by atoms with van der Waals surface area (Å²) >= 11 is 0. The normalized spacial score (nSPS) is 21.5. The quantitative estimate of drug-likeness (QED) is 0.914. The summed E-state index contributed by atoms with van der Waals surface area (Å²) in [6.07, 6.45) is 1.75.